The summed E-state index contributed by atoms with van der Waals surface area (Å²) in [5.74, 6) is 1.30. The number of benzene rings is 3. The standard InChI is InChI=1S/C29H30O6/c1-17-12-21(33-11-10-30)13-18(2)29(17)25-5-3-4-24-23(25)8-9-26(24)35-20-6-7-22-19(14-28(31)32)16-34-27(22)15-20/h3-7,12-13,15,19,26,30H,8-11,14,16H2,1-2H3,(H,31,32)/t19-,26-/m1/s1. The van der Waals surface area contributed by atoms with Crippen LogP contribution in [0, 0.1) is 13.8 Å². The molecule has 0 spiro atoms. The fourth-order valence-corrected chi connectivity index (χ4v) is 5.44. The lowest BCUT2D eigenvalue weighted by atomic mass is 9.90. The van der Waals surface area contributed by atoms with Crippen LogP contribution in [-0.2, 0) is 11.2 Å². The molecule has 182 valence electrons. The van der Waals surface area contributed by atoms with Crippen molar-refractivity contribution in [1.82, 2.24) is 0 Å². The summed E-state index contributed by atoms with van der Waals surface area (Å²) in [6.45, 7) is 4.86. The number of ether oxygens (including phenoxy) is 3. The second kappa shape index (κ2) is 9.62. The van der Waals surface area contributed by atoms with Gasteiger partial charge in [0.05, 0.1) is 19.6 Å². The molecule has 0 amide bonds. The number of aliphatic carboxylic acids is 1. The normalized spacial score (nSPS) is 18.0. The highest BCUT2D eigenvalue weighted by atomic mass is 16.5. The van der Waals surface area contributed by atoms with Crippen LogP contribution < -0.4 is 14.2 Å². The predicted molar refractivity (Wildman–Crippen MR) is 133 cm³/mol. The summed E-state index contributed by atoms with van der Waals surface area (Å²) in [5.41, 5.74) is 8.18. The Bertz CT molecular complexity index is 1240. The van der Waals surface area contributed by atoms with Gasteiger partial charge >= 0.3 is 5.97 Å². The molecular formula is C29H30O6. The first-order chi connectivity index (χ1) is 16.9. The van der Waals surface area contributed by atoms with E-state index in [-0.39, 0.29) is 31.7 Å². The third-order valence-corrected chi connectivity index (χ3v) is 6.92. The van der Waals surface area contributed by atoms with E-state index in [4.69, 9.17) is 24.4 Å². The molecular weight excluding hydrogens is 444 g/mol. The van der Waals surface area contributed by atoms with E-state index in [1.54, 1.807) is 0 Å². The van der Waals surface area contributed by atoms with Gasteiger partial charge in [-0.1, -0.05) is 24.3 Å². The molecule has 1 aliphatic heterocycles. The Morgan fingerprint density at radius 3 is 2.60 bits per heavy atom. The van der Waals surface area contributed by atoms with Gasteiger partial charge in [-0.2, -0.15) is 0 Å². The molecule has 0 bridgehead atoms. The number of aliphatic hydroxyl groups is 1. The molecule has 0 saturated heterocycles. The molecule has 0 fully saturated rings. The van der Waals surface area contributed by atoms with Crippen molar-refractivity contribution < 1.29 is 29.2 Å². The predicted octanol–water partition coefficient (Wildman–Crippen LogP) is 5.36. The second-order valence-electron chi connectivity index (χ2n) is 9.33. The van der Waals surface area contributed by atoms with Crippen LogP contribution >= 0.6 is 0 Å². The van der Waals surface area contributed by atoms with E-state index in [0.29, 0.717) is 6.61 Å². The molecule has 0 aromatic heterocycles. The average molecular weight is 475 g/mol. The van der Waals surface area contributed by atoms with E-state index < -0.39 is 5.97 Å². The Morgan fingerprint density at radius 2 is 1.86 bits per heavy atom. The maximum atomic E-state index is 11.1. The number of carbonyl (C=O) groups is 1. The highest BCUT2D eigenvalue weighted by molar-refractivity contribution is 5.76. The lowest BCUT2D eigenvalue weighted by molar-refractivity contribution is -0.137. The van der Waals surface area contributed by atoms with Crippen LogP contribution in [0.3, 0.4) is 0 Å². The summed E-state index contributed by atoms with van der Waals surface area (Å²) in [5, 5.41) is 18.2. The summed E-state index contributed by atoms with van der Waals surface area (Å²) in [4.78, 5) is 11.1. The van der Waals surface area contributed by atoms with Crippen molar-refractivity contribution in [3.05, 3.63) is 76.3 Å². The highest BCUT2D eigenvalue weighted by Gasteiger charge is 2.30. The Balaban J connectivity index is 1.39. The van der Waals surface area contributed by atoms with Crippen molar-refractivity contribution in [3.63, 3.8) is 0 Å². The molecule has 0 radical (unpaired) electrons. The minimum Gasteiger partial charge on any atom is -0.492 e. The third-order valence-electron chi connectivity index (χ3n) is 6.92. The maximum absolute atomic E-state index is 11.1. The van der Waals surface area contributed by atoms with Gasteiger partial charge < -0.3 is 24.4 Å². The molecule has 2 aliphatic rings. The lowest BCUT2D eigenvalue weighted by Crippen LogP contribution is -2.07. The van der Waals surface area contributed by atoms with Crippen LogP contribution in [0.1, 0.15) is 52.7 Å². The molecule has 3 aromatic carbocycles. The molecule has 1 aliphatic carbocycles. The van der Waals surface area contributed by atoms with Gasteiger partial charge in [0.2, 0.25) is 0 Å². The lowest BCUT2D eigenvalue weighted by Gasteiger charge is -2.18. The zero-order valence-electron chi connectivity index (χ0n) is 20.0. The molecule has 3 aromatic rings. The number of hydrogen-bond acceptors (Lipinski definition) is 5. The van der Waals surface area contributed by atoms with Gasteiger partial charge in [-0.3, -0.25) is 4.79 Å². The Morgan fingerprint density at radius 1 is 1.06 bits per heavy atom. The number of fused-ring (bicyclic) bond motifs is 2. The quantitative estimate of drug-likeness (QED) is 0.457. The fraction of sp³-hybridized carbons (Fsp3) is 0.345. The third kappa shape index (κ3) is 4.58. The van der Waals surface area contributed by atoms with Gasteiger partial charge in [0, 0.05) is 17.5 Å². The van der Waals surface area contributed by atoms with Crippen molar-refractivity contribution >= 4 is 5.97 Å². The first kappa shape index (κ1) is 23.2. The summed E-state index contributed by atoms with van der Waals surface area (Å²) in [7, 11) is 0. The van der Waals surface area contributed by atoms with Crippen LogP contribution in [0.2, 0.25) is 0 Å². The zero-order valence-corrected chi connectivity index (χ0v) is 20.0. The van der Waals surface area contributed by atoms with Crippen molar-refractivity contribution in [2.45, 2.75) is 45.1 Å². The molecule has 0 unspecified atom stereocenters. The van der Waals surface area contributed by atoms with Gasteiger partial charge in [0.25, 0.3) is 0 Å². The Labute approximate surface area is 205 Å². The minimum absolute atomic E-state index is 0.00725. The summed E-state index contributed by atoms with van der Waals surface area (Å²) < 4.78 is 17.8. The van der Waals surface area contributed by atoms with Gasteiger partial charge in [-0.05, 0) is 78.3 Å². The first-order valence-corrected chi connectivity index (χ1v) is 12.1. The molecule has 35 heavy (non-hydrogen) atoms. The van der Waals surface area contributed by atoms with Gasteiger partial charge in [-0.25, -0.2) is 0 Å². The van der Waals surface area contributed by atoms with E-state index in [9.17, 15) is 4.79 Å². The smallest absolute Gasteiger partial charge is 0.304 e. The van der Waals surface area contributed by atoms with Gasteiger partial charge in [0.1, 0.15) is 30.0 Å². The van der Waals surface area contributed by atoms with Crippen molar-refractivity contribution in [2.75, 3.05) is 19.8 Å². The number of carboxylic acids is 1. The Kier molecular flexibility index (Phi) is 6.39. The number of carboxylic acid groups (broad SMARTS) is 1. The zero-order chi connectivity index (χ0) is 24.5. The monoisotopic (exact) mass is 474 g/mol. The fourth-order valence-electron chi connectivity index (χ4n) is 5.44. The molecule has 1 heterocycles. The molecule has 0 saturated carbocycles. The Hall–Kier alpha value is -3.51. The van der Waals surface area contributed by atoms with Crippen molar-refractivity contribution in [1.29, 1.82) is 0 Å². The van der Waals surface area contributed by atoms with Crippen molar-refractivity contribution in [2.24, 2.45) is 0 Å². The largest absolute Gasteiger partial charge is 0.492 e. The van der Waals surface area contributed by atoms with E-state index >= 15 is 0 Å². The van der Waals surface area contributed by atoms with E-state index in [0.717, 1.165) is 46.8 Å². The summed E-state index contributed by atoms with van der Waals surface area (Å²) in [6.07, 6.45) is 1.84. The van der Waals surface area contributed by atoms with Crippen molar-refractivity contribution in [3.8, 4) is 28.4 Å². The minimum atomic E-state index is -0.817. The number of rotatable bonds is 8. The van der Waals surface area contributed by atoms with Gasteiger partial charge in [0.15, 0.2) is 0 Å². The number of aliphatic hydroxyl groups excluding tert-OH is 1. The van der Waals surface area contributed by atoms with Crippen LogP contribution in [0.5, 0.6) is 17.2 Å². The number of aryl methyl sites for hydroxylation is 2. The SMILES string of the molecule is Cc1cc(OCCO)cc(C)c1-c1cccc2c1CC[C@H]2Oc1ccc2c(c1)OC[C@H]2CC(=O)O. The molecule has 6 nitrogen and oxygen atoms in total. The highest BCUT2D eigenvalue weighted by Crippen LogP contribution is 2.44. The summed E-state index contributed by atoms with van der Waals surface area (Å²) in [6, 6.07) is 16.2. The summed E-state index contributed by atoms with van der Waals surface area (Å²) >= 11 is 0. The van der Waals surface area contributed by atoms with Crippen LogP contribution in [0.25, 0.3) is 11.1 Å². The maximum Gasteiger partial charge on any atom is 0.304 e. The number of hydrogen-bond donors (Lipinski definition) is 2. The molecule has 6 heteroatoms. The second-order valence-corrected chi connectivity index (χ2v) is 9.33. The first-order valence-electron chi connectivity index (χ1n) is 12.1. The molecule has 2 atom stereocenters. The van der Waals surface area contributed by atoms with Crippen LogP contribution in [0.4, 0.5) is 0 Å². The molecule has 5 rings (SSSR count). The van der Waals surface area contributed by atoms with Crippen LogP contribution in [-0.4, -0.2) is 36.0 Å². The van der Waals surface area contributed by atoms with Crippen LogP contribution in [0.15, 0.2) is 48.5 Å². The van der Waals surface area contributed by atoms with E-state index in [1.165, 1.54) is 22.3 Å². The van der Waals surface area contributed by atoms with Gasteiger partial charge in [-0.15, -0.1) is 0 Å². The van der Waals surface area contributed by atoms with E-state index in [2.05, 4.69) is 32.0 Å². The topological polar surface area (TPSA) is 85.2 Å². The van der Waals surface area contributed by atoms with E-state index in [1.807, 2.05) is 30.3 Å². The average Bonchev–Trinajstić information content (AvgIpc) is 3.41. The molecule has 2 N–H and O–H groups in total.